The Kier molecular flexibility index (Phi) is 7.31. The lowest BCUT2D eigenvalue weighted by Crippen LogP contribution is -2.38. The number of rotatable bonds is 10. The number of nitrogens with one attached hydrogen (secondary N) is 1. The first-order chi connectivity index (χ1) is 18.2. The summed E-state index contributed by atoms with van der Waals surface area (Å²) in [4.78, 5) is 20.7. The van der Waals surface area contributed by atoms with Crippen LogP contribution < -0.4 is 15.0 Å². The Bertz CT molecular complexity index is 1270. The van der Waals surface area contributed by atoms with E-state index in [1.54, 1.807) is 0 Å². The molecule has 2 aromatic heterocycles. The van der Waals surface area contributed by atoms with Crippen molar-refractivity contribution in [2.24, 2.45) is 0 Å². The first-order valence-corrected chi connectivity index (χ1v) is 13.1. The van der Waals surface area contributed by atoms with Crippen molar-refractivity contribution >= 4 is 10.9 Å². The van der Waals surface area contributed by atoms with Crippen molar-refractivity contribution in [3.8, 4) is 11.5 Å². The molecule has 12 nitrogen and oxygen atoms in total. The van der Waals surface area contributed by atoms with Gasteiger partial charge in [-0.2, -0.15) is 0 Å². The quantitative estimate of drug-likeness (QED) is 0.424. The van der Waals surface area contributed by atoms with Crippen molar-refractivity contribution in [2.45, 2.75) is 45.0 Å². The molecule has 1 N–H and O–H groups in total. The molecule has 2 fully saturated rings. The van der Waals surface area contributed by atoms with Crippen LogP contribution in [0.25, 0.3) is 10.9 Å². The smallest absolute Gasteiger partial charge is 0.252 e. The second kappa shape index (κ2) is 11.1. The molecule has 5 heterocycles. The van der Waals surface area contributed by atoms with Gasteiger partial charge >= 0.3 is 0 Å². The minimum absolute atomic E-state index is 0.108. The highest BCUT2D eigenvalue weighted by molar-refractivity contribution is 5.83. The maximum absolute atomic E-state index is 13.1. The van der Waals surface area contributed by atoms with Crippen LogP contribution in [0, 0.1) is 0 Å². The molecule has 0 spiro atoms. The Morgan fingerprint density at radius 1 is 1.08 bits per heavy atom. The van der Waals surface area contributed by atoms with Gasteiger partial charge in [0.2, 0.25) is 6.79 Å². The molecule has 0 saturated carbocycles. The predicted octanol–water partition coefficient (Wildman–Crippen LogP) is 1.15. The van der Waals surface area contributed by atoms with Crippen molar-refractivity contribution in [3.05, 3.63) is 39.9 Å². The van der Waals surface area contributed by atoms with E-state index in [9.17, 15) is 4.79 Å². The van der Waals surface area contributed by atoms with Crippen LogP contribution in [-0.4, -0.2) is 93.9 Å². The Morgan fingerprint density at radius 2 is 1.95 bits per heavy atom. The molecule has 0 aliphatic carbocycles. The van der Waals surface area contributed by atoms with Gasteiger partial charge in [0.25, 0.3) is 5.56 Å². The zero-order valence-electron chi connectivity index (χ0n) is 20.9. The first kappa shape index (κ1) is 24.3. The minimum Gasteiger partial charge on any atom is -0.454 e. The van der Waals surface area contributed by atoms with E-state index in [2.05, 4.69) is 30.3 Å². The third-order valence-corrected chi connectivity index (χ3v) is 7.23. The van der Waals surface area contributed by atoms with Gasteiger partial charge in [-0.25, -0.2) is 4.68 Å². The van der Waals surface area contributed by atoms with E-state index < -0.39 is 0 Å². The number of tetrazole rings is 1. The number of nitrogens with zero attached hydrogens (tertiary/aromatic N) is 6. The lowest BCUT2D eigenvalue weighted by molar-refractivity contribution is 0.0358. The summed E-state index contributed by atoms with van der Waals surface area (Å²) in [5.74, 6) is 2.13. The van der Waals surface area contributed by atoms with Crippen LogP contribution >= 0.6 is 0 Å². The molecule has 1 atom stereocenters. The number of ether oxygens (including phenoxy) is 4. The number of hydrogen-bond acceptors (Lipinski definition) is 10. The highest BCUT2D eigenvalue weighted by Gasteiger charge is 2.21. The second-order valence-corrected chi connectivity index (χ2v) is 9.85. The van der Waals surface area contributed by atoms with Gasteiger partial charge in [0.05, 0.1) is 37.9 Å². The molecule has 0 radical (unpaired) electrons. The number of fused-ring (bicyclic) bond motifs is 2. The number of morpholine rings is 1. The predicted molar refractivity (Wildman–Crippen MR) is 133 cm³/mol. The molecule has 37 heavy (non-hydrogen) atoms. The number of hydrogen-bond donors (Lipinski definition) is 1. The molecule has 1 aromatic carbocycles. The molecular formula is C25H33N7O5. The average molecular weight is 512 g/mol. The fourth-order valence-electron chi connectivity index (χ4n) is 5.22. The summed E-state index contributed by atoms with van der Waals surface area (Å²) < 4.78 is 24.1. The van der Waals surface area contributed by atoms with Crippen LogP contribution in [0.2, 0.25) is 0 Å². The number of H-pyrrole nitrogens is 1. The number of benzene rings is 1. The summed E-state index contributed by atoms with van der Waals surface area (Å²) >= 11 is 0. The zero-order valence-corrected chi connectivity index (χ0v) is 20.9. The zero-order chi connectivity index (χ0) is 25.0. The second-order valence-electron chi connectivity index (χ2n) is 9.85. The van der Waals surface area contributed by atoms with Gasteiger partial charge in [0.15, 0.2) is 17.3 Å². The SMILES string of the molecule is O=c1[nH]c2cc3c(cc2cc1CN(CCCN1CCOCC1)Cc1nnnn1CC1CCCO1)OCO3. The van der Waals surface area contributed by atoms with Crippen molar-refractivity contribution in [3.63, 3.8) is 0 Å². The molecule has 0 bridgehead atoms. The largest absolute Gasteiger partial charge is 0.454 e. The van der Waals surface area contributed by atoms with E-state index in [1.165, 1.54) is 0 Å². The summed E-state index contributed by atoms with van der Waals surface area (Å²) in [6.45, 7) is 7.94. The maximum Gasteiger partial charge on any atom is 0.252 e. The highest BCUT2D eigenvalue weighted by atomic mass is 16.7. The van der Waals surface area contributed by atoms with Gasteiger partial charge in [0.1, 0.15) is 0 Å². The Balaban J connectivity index is 1.20. The molecule has 12 heteroatoms. The monoisotopic (exact) mass is 511 g/mol. The lowest BCUT2D eigenvalue weighted by Gasteiger charge is -2.28. The summed E-state index contributed by atoms with van der Waals surface area (Å²) in [6, 6.07) is 5.69. The third kappa shape index (κ3) is 5.77. The van der Waals surface area contributed by atoms with Gasteiger partial charge in [-0.3, -0.25) is 14.6 Å². The fraction of sp³-hybridized carbons (Fsp3) is 0.600. The Labute approximate surface area is 214 Å². The number of aromatic nitrogens is 5. The molecule has 198 valence electrons. The summed E-state index contributed by atoms with van der Waals surface area (Å²) in [5, 5.41) is 13.4. The molecule has 3 aromatic rings. The fourth-order valence-corrected chi connectivity index (χ4v) is 5.22. The summed E-state index contributed by atoms with van der Waals surface area (Å²) in [7, 11) is 0. The molecule has 6 rings (SSSR count). The normalized spacial score (nSPS) is 19.9. The van der Waals surface area contributed by atoms with Crippen LogP contribution in [0.3, 0.4) is 0 Å². The molecule has 3 aliphatic rings. The standard InChI is InChI=1S/C25H33N7O5/c33-25-19(11-18-12-22-23(37-17-36-22)13-21(18)26-25)14-31(5-2-4-30-6-9-34-10-7-30)16-24-27-28-29-32(24)15-20-3-1-8-35-20/h11-13,20H,1-10,14-17H2,(H,26,33). The van der Waals surface area contributed by atoms with E-state index in [1.807, 2.05) is 22.9 Å². The third-order valence-electron chi connectivity index (χ3n) is 7.23. The van der Waals surface area contributed by atoms with Gasteiger partial charge < -0.3 is 23.9 Å². The highest BCUT2D eigenvalue weighted by Crippen LogP contribution is 2.35. The van der Waals surface area contributed by atoms with Gasteiger partial charge in [-0.05, 0) is 48.4 Å². The molecule has 3 aliphatic heterocycles. The van der Waals surface area contributed by atoms with Crippen LogP contribution in [0.1, 0.15) is 30.7 Å². The van der Waals surface area contributed by atoms with Crippen molar-refractivity contribution in [2.75, 3.05) is 52.8 Å². The van der Waals surface area contributed by atoms with Crippen LogP contribution in [0.15, 0.2) is 23.0 Å². The van der Waals surface area contributed by atoms with E-state index >= 15 is 0 Å². The topological polar surface area (TPSA) is 120 Å². The van der Waals surface area contributed by atoms with E-state index in [-0.39, 0.29) is 18.5 Å². The van der Waals surface area contributed by atoms with Gasteiger partial charge in [-0.1, -0.05) is 0 Å². The van der Waals surface area contributed by atoms with E-state index in [0.29, 0.717) is 36.7 Å². The number of pyridine rings is 1. The van der Waals surface area contributed by atoms with Crippen molar-refractivity contribution < 1.29 is 18.9 Å². The van der Waals surface area contributed by atoms with Crippen molar-refractivity contribution in [1.82, 2.24) is 35.0 Å². The minimum atomic E-state index is -0.108. The van der Waals surface area contributed by atoms with Gasteiger partial charge in [-0.15, -0.1) is 5.10 Å². The van der Waals surface area contributed by atoms with Crippen molar-refractivity contribution in [1.29, 1.82) is 0 Å². The van der Waals surface area contributed by atoms with E-state index in [4.69, 9.17) is 18.9 Å². The van der Waals surface area contributed by atoms with Gasteiger partial charge in [0, 0.05) is 49.8 Å². The average Bonchev–Trinajstić information content (AvgIpc) is 3.67. The van der Waals surface area contributed by atoms with Crippen LogP contribution in [-0.2, 0) is 29.1 Å². The number of aromatic amines is 1. The lowest BCUT2D eigenvalue weighted by atomic mass is 10.1. The molecule has 1 unspecified atom stereocenters. The first-order valence-electron chi connectivity index (χ1n) is 13.1. The van der Waals surface area contributed by atoms with Crippen LogP contribution in [0.5, 0.6) is 11.5 Å². The van der Waals surface area contributed by atoms with E-state index in [0.717, 1.165) is 82.0 Å². The maximum atomic E-state index is 13.1. The summed E-state index contributed by atoms with van der Waals surface area (Å²) in [5.41, 5.74) is 1.32. The molecule has 2 saturated heterocycles. The summed E-state index contributed by atoms with van der Waals surface area (Å²) in [6.07, 6.45) is 3.21. The molecular weight excluding hydrogens is 478 g/mol. The Hall–Kier alpha value is -3.06. The Morgan fingerprint density at radius 3 is 2.78 bits per heavy atom. The molecule has 0 amide bonds. The van der Waals surface area contributed by atoms with Crippen LogP contribution in [0.4, 0.5) is 0 Å².